The van der Waals surface area contributed by atoms with Crippen LogP contribution in [0.25, 0.3) is 10.2 Å². The molecule has 0 saturated carbocycles. The molecule has 0 unspecified atom stereocenters. The van der Waals surface area contributed by atoms with Crippen molar-refractivity contribution in [3.8, 4) is 18.1 Å². The lowest BCUT2D eigenvalue weighted by atomic mass is 10.2. The number of nitrogens with zero attached hydrogens (tertiary/aromatic N) is 3. The minimum atomic E-state index is -3.74. The second kappa shape index (κ2) is 9.06. The van der Waals surface area contributed by atoms with Crippen LogP contribution in [0.2, 0.25) is 0 Å². The van der Waals surface area contributed by atoms with E-state index < -0.39 is 15.9 Å². The number of methoxy groups -OCH3 is 1. The van der Waals surface area contributed by atoms with Crippen molar-refractivity contribution in [2.75, 3.05) is 18.0 Å². The first-order valence-electron chi connectivity index (χ1n) is 10.8. The number of thiazole rings is 1. The summed E-state index contributed by atoms with van der Waals surface area (Å²) >= 11 is 1.33. The maximum atomic E-state index is 13.2. The molecule has 9 heteroatoms. The van der Waals surface area contributed by atoms with E-state index in [0.29, 0.717) is 29.2 Å². The van der Waals surface area contributed by atoms with Gasteiger partial charge >= 0.3 is 0 Å². The van der Waals surface area contributed by atoms with E-state index in [1.807, 2.05) is 42.5 Å². The van der Waals surface area contributed by atoms with Gasteiger partial charge in [-0.1, -0.05) is 35.5 Å². The highest BCUT2D eigenvalue weighted by molar-refractivity contribution is 7.92. The lowest BCUT2D eigenvalue weighted by molar-refractivity contribution is 0.0998. The molecule has 0 N–H and O–H groups in total. The van der Waals surface area contributed by atoms with Crippen molar-refractivity contribution in [2.24, 2.45) is 4.99 Å². The molecule has 4 aromatic rings. The number of sulfonamides is 1. The Kier molecular flexibility index (Phi) is 5.93. The first-order chi connectivity index (χ1) is 16.9. The third-order valence-electron chi connectivity index (χ3n) is 5.87. The summed E-state index contributed by atoms with van der Waals surface area (Å²) in [5.41, 5.74) is 2.84. The van der Waals surface area contributed by atoms with E-state index in [9.17, 15) is 13.2 Å². The predicted molar refractivity (Wildman–Crippen MR) is 136 cm³/mol. The second-order valence-electron chi connectivity index (χ2n) is 7.91. The summed E-state index contributed by atoms with van der Waals surface area (Å²) < 4.78 is 35.8. The second-order valence-corrected chi connectivity index (χ2v) is 10.8. The van der Waals surface area contributed by atoms with Gasteiger partial charge in [-0.25, -0.2) is 8.42 Å². The van der Waals surface area contributed by atoms with Crippen LogP contribution in [0.1, 0.15) is 15.9 Å². The van der Waals surface area contributed by atoms with Crippen LogP contribution in [0, 0.1) is 12.3 Å². The molecule has 3 aromatic carbocycles. The molecule has 0 saturated heterocycles. The van der Waals surface area contributed by atoms with Crippen molar-refractivity contribution in [3.63, 3.8) is 0 Å². The van der Waals surface area contributed by atoms with Crippen molar-refractivity contribution >= 4 is 43.2 Å². The maximum absolute atomic E-state index is 13.2. The van der Waals surface area contributed by atoms with E-state index in [1.165, 1.54) is 39.9 Å². The molecule has 0 bridgehead atoms. The average Bonchev–Trinajstić information content (AvgIpc) is 3.46. The number of carbonyl (C=O) groups is 1. The summed E-state index contributed by atoms with van der Waals surface area (Å²) in [6.45, 7) is 0.649. The molecule has 0 fully saturated rings. The van der Waals surface area contributed by atoms with Crippen LogP contribution in [-0.2, 0) is 23.0 Å². The smallest absolute Gasteiger partial charge is 0.279 e. The van der Waals surface area contributed by atoms with Gasteiger partial charge in [0, 0.05) is 12.1 Å². The zero-order valence-electron chi connectivity index (χ0n) is 18.8. The molecule has 1 aliphatic rings. The minimum absolute atomic E-state index is 0.127. The van der Waals surface area contributed by atoms with E-state index >= 15 is 0 Å². The van der Waals surface area contributed by atoms with Gasteiger partial charge in [0.1, 0.15) is 5.75 Å². The Balaban J connectivity index is 1.46. The molecule has 1 aromatic heterocycles. The molecule has 0 aliphatic carbocycles. The van der Waals surface area contributed by atoms with E-state index in [0.717, 1.165) is 15.8 Å². The number of aromatic nitrogens is 1. The molecule has 7 nitrogen and oxygen atoms in total. The topological polar surface area (TPSA) is 81.0 Å². The number of hydrogen-bond donors (Lipinski definition) is 0. The van der Waals surface area contributed by atoms with Gasteiger partial charge in [-0.2, -0.15) is 4.99 Å². The van der Waals surface area contributed by atoms with Crippen LogP contribution < -0.4 is 13.8 Å². The molecule has 2 heterocycles. The Labute approximate surface area is 207 Å². The lowest BCUT2D eigenvalue weighted by Crippen LogP contribution is -2.29. The van der Waals surface area contributed by atoms with Gasteiger partial charge in [-0.05, 0) is 60.5 Å². The molecule has 5 rings (SSSR count). The average molecular weight is 504 g/mol. The van der Waals surface area contributed by atoms with Crippen molar-refractivity contribution in [3.05, 3.63) is 82.7 Å². The van der Waals surface area contributed by atoms with Crippen molar-refractivity contribution < 1.29 is 17.9 Å². The molecule has 1 amide bonds. The minimum Gasteiger partial charge on any atom is -0.497 e. The van der Waals surface area contributed by atoms with Crippen molar-refractivity contribution in [1.82, 2.24) is 4.57 Å². The number of terminal acetylenes is 1. The number of para-hydroxylation sites is 1. The lowest BCUT2D eigenvalue weighted by Gasteiger charge is -2.19. The fraction of sp³-hybridized carbons (Fsp3) is 0.154. The Morgan fingerprint density at radius 2 is 1.91 bits per heavy atom. The highest BCUT2D eigenvalue weighted by Gasteiger charge is 2.30. The molecule has 0 atom stereocenters. The van der Waals surface area contributed by atoms with E-state index in [1.54, 1.807) is 11.7 Å². The number of rotatable bonds is 5. The molecule has 0 radical (unpaired) electrons. The Morgan fingerprint density at radius 3 is 2.66 bits per heavy atom. The third kappa shape index (κ3) is 4.11. The Morgan fingerprint density at radius 1 is 1.14 bits per heavy atom. The molecule has 176 valence electrons. The number of amides is 1. The number of fused-ring (bicyclic) bond motifs is 2. The molecule has 1 aliphatic heterocycles. The van der Waals surface area contributed by atoms with Gasteiger partial charge in [0.15, 0.2) is 4.80 Å². The number of carbonyl (C=O) groups excluding carboxylic acids is 1. The summed E-state index contributed by atoms with van der Waals surface area (Å²) in [6, 6.07) is 18.9. The van der Waals surface area contributed by atoms with Gasteiger partial charge in [0.05, 0.1) is 34.5 Å². The highest BCUT2D eigenvalue weighted by Crippen LogP contribution is 2.32. The summed E-state index contributed by atoms with van der Waals surface area (Å²) in [5, 5.41) is 0. The van der Waals surface area contributed by atoms with Crippen molar-refractivity contribution in [1.29, 1.82) is 0 Å². The molecule has 0 spiro atoms. The summed E-state index contributed by atoms with van der Waals surface area (Å²) in [4.78, 5) is 17.8. The first kappa shape index (κ1) is 22.9. The van der Waals surface area contributed by atoms with E-state index in [2.05, 4.69) is 10.9 Å². The monoisotopic (exact) mass is 503 g/mol. The predicted octanol–water partition coefficient (Wildman–Crippen LogP) is 3.84. The van der Waals surface area contributed by atoms with Gasteiger partial charge in [0.25, 0.3) is 15.9 Å². The normalized spacial score (nSPS) is 13.6. The van der Waals surface area contributed by atoms with Crippen LogP contribution in [0.5, 0.6) is 5.75 Å². The zero-order chi connectivity index (χ0) is 24.6. The van der Waals surface area contributed by atoms with Gasteiger partial charge in [-0.3, -0.25) is 9.10 Å². The quantitative estimate of drug-likeness (QED) is 0.388. The maximum Gasteiger partial charge on any atom is 0.279 e. The van der Waals surface area contributed by atoms with Crippen LogP contribution in [0.15, 0.2) is 76.6 Å². The summed E-state index contributed by atoms with van der Waals surface area (Å²) in [7, 11) is -2.15. The Bertz CT molecular complexity index is 1660. The van der Waals surface area contributed by atoms with Gasteiger partial charge < -0.3 is 9.30 Å². The number of ether oxygens (including phenoxy) is 1. The Hall–Kier alpha value is -3.87. The molecular formula is C26H21N3O4S2. The van der Waals surface area contributed by atoms with Crippen LogP contribution in [-0.4, -0.2) is 32.5 Å². The van der Waals surface area contributed by atoms with Crippen LogP contribution in [0.3, 0.4) is 0 Å². The van der Waals surface area contributed by atoms with E-state index in [4.69, 9.17) is 11.2 Å². The standard InChI is InChI=1S/C26H21N3O4S2/c1-3-15-28-23-13-10-20(33-2)17-24(23)34-26(28)27-25(30)19-8-11-21(12-9-19)35(31,32)29-16-14-18-6-4-5-7-22(18)29/h1,4-13,17H,14-16H2,2H3. The number of hydrogen-bond acceptors (Lipinski definition) is 5. The fourth-order valence-electron chi connectivity index (χ4n) is 4.12. The van der Waals surface area contributed by atoms with E-state index in [-0.39, 0.29) is 17.0 Å². The first-order valence-corrected chi connectivity index (χ1v) is 13.1. The number of anilines is 1. The molecule has 35 heavy (non-hydrogen) atoms. The third-order valence-corrected chi connectivity index (χ3v) is 8.74. The number of benzene rings is 3. The van der Waals surface area contributed by atoms with Crippen molar-refractivity contribution in [2.45, 2.75) is 17.9 Å². The highest BCUT2D eigenvalue weighted by atomic mass is 32.2. The van der Waals surface area contributed by atoms with Crippen LogP contribution >= 0.6 is 11.3 Å². The largest absolute Gasteiger partial charge is 0.497 e. The summed E-state index contributed by atoms with van der Waals surface area (Å²) in [5.74, 6) is 2.81. The zero-order valence-corrected chi connectivity index (χ0v) is 20.5. The van der Waals surface area contributed by atoms with Gasteiger partial charge in [0.2, 0.25) is 0 Å². The van der Waals surface area contributed by atoms with Crippen LogP contribution in [0.4, 0.5) is 5.69 Å². The fourth-order valence-corrected chi connectivity index (χ4v) is 6.68. The van der Waals surface area contributed by atoms with Gasteiger partial charge in [-0.15, -0.1) is 6.42 Å². The SMILES string of the molecule is C#CCn1c(=NC(=O)c2ccc(S(=O)(=O)N3CCc4ccccc43)cc2)sc2cc(OC)ccc21. The summed E-state index contributed by atoms with van der Waals surface area (Å²) in [6.07, 6.45) is 6.21. The molecular weight excluding hydrogens is 482 g/mol.